The van der Waals surface area contributed by atoms with Gasteiger partial charge in [0.15, 0.2) is 5.82 Å². The Balaban J connectivity index is 1.73. The lowest BCUT2D eigenvalue weighted by atomic mass is 10.1. The van der Waals surface area contributed by atoms with Crippen molar-refractivity contribution in [1.82, 2.24) is 19.7 Å². The molecule has 0 unspecified atom stereocenters. The Kier molecular flexibility index (Phi) is 6.59. The summed E-state index contributed by atoms with van der Waals surface area (Å²) in [5.74, 6) is 0.817. The van der Waals surface area contributed by atoms with Crippen LogP contribution in [0, 0.1) is 0 Å². The normalized spacial score (nSPS) is 12.0. The summed E-state index contributed by atoms with van der Waals surface area (Å²) >= 11 is 6.22. The number of nitrogens with one attached hydrogen (secondary N) is 2. The van der Waals surface area contributed by atoms with Crippen LogP contribution >= 0.6 is 11.6 Å². The summed E-state index contributed by atoms with van der Waals surface area (Å²) in [4.78, 5) is 8.62. The standard InChI is InChI=1S/C18H22ClN7O/c19-15-10-21-18(23-14-9-22-26(11-14)8-4-7-20)25-17(15)24-16(12-27)13-5-2-1-3-6-13/h1-3,5-6,9-11,16,27H,4,7-8,12,20H2,(H2,21,23,24,25)/t16-/m1/s1. The smallest absolute Gasteiger partial charge is 0.229 e. The highest BCUT2D eigenvalue weighted by Crippen LogP contribution is 2.25. The average Bonchev–Trinajstić information content (AvgIpc) is 3.14. The minimum atomic E-state index is -0.328. The third-order valence-electron chi connectivity index (χ3n) is 3.92. The maximum Gasteiger partial charge on any atom is 0.229 e. The van der Waals surface area contributed by atoms with Crippen LogP contribution in [0.2, 0.25) is 5.02 Å². The van der Waals surface area contributed by atoms with E-state index in [1.165, 1.54) is 6.20 Å². The molecular weight excluding hydrogens is 366 g/mol. The second-order valence-corrected chi connectivity index (χ2v) is 6.35. The lowest BCUT2D eigenvalue weighted by molar-refractivity contribution is 0.276. The number of nitrogens with zero attached hydrogens (tertiary/aromatic N) is 4. The molecule has 0 aliphatic rings. The van der Waals surface area contributed by atoms with Crippen molar-refractivity contribution in [2.45, 2.75) is 19.0 Å². The highest BCUT2D eigenvalue weighted by atomic mass is 35.5. The Morgan fingerprint density at radius 2 is 2.04 bits per heavy atom. The number of halogens is 1. The Morgan fingerprint density at radius 1 is 1.22 bits per heavy atom. The van der Waals surface area contributed by atoms with Gasteiger partial charge in [-0.15, -0.1) is 0 Å². The first-order valence-corrected chi connectivity index (χ1v) is 9.02. The zero-order valence-corrected chi connectivity index (χ0v) is 15.5. The number of benzene rings is 1. The molecule has 0 aliphatic heterocycles. The van der Waals surface area contributed by atoms with Gasteiger partial charge in [0.05, 0.1) is 30.7 Å². The summed E-state index contributed by atoms with van der Waals surface area (Å²) in [6, 6.07) is 9.28. The molecule has 0 fully saturated rings. The average molecular weight is 388 g/mol. The first kappa shape index (κ1) is 19.1. The molecular formula is C18H22ClN7O. The van der Waals surface area contributed by atoms with E-state index in [0.717, 1.165) is 24.2 Å². The van der Waals surface area contributed by atoms with Gasteiger partial charge in [-0.1, -0.05) is 41.9 Å². The number of aliphatic hydroxyl groups excluding tert-OH is 1. The molecule has 0 radical (unpaired) electrons. The van der Waals surface area contributed by atoms with Crippen molar-refractivity contribution < 1.29 is 5.11 Å². The number of aryl methyl sites for hydroxylation is 1. The molecule has 2 heterocycles. The number of aromatic nitrogens is 4. The summed E-state index contributed by atoms with van der Waals surface area (Å²) in [6.07, 6.45) is 5.93. The lowest BCUT2D eigenvalue weighted by Gasteiger charge is -2.18. The quantitative estimate of drug-likeness (QED) is 0.446. The van der Waals surface area contributed by atoms with Gasteiger partial charge < -0.3 is 21.5 Å². The predicted molar refractivity (Wildman–Crippen MR) is 106 cm³/mol. The van der Waals surface area contributed by atoms with Crippen molar-refractivity contribution >= 4 is 29.1 Å². The second-order valence-electron chi connectivity index (χ2n) is 5.94. The fourth-order valence-corrected chi connectivity index (χ4v) is 2.69. The summed E-state index contributed by atoms with van der Waals surface area (Å²) in [7, 11) is 0. The molecule has 1 atom stereocenters. The second kappa shape index (κ2) is 9.31. The third-order valence-corrected chi connectivity index (χ3v) is 4.20. The van der Waals surface area contributed by atoms with Crippen LogP contribution in [-0.2, 0) is 6.54 Å². The maximum atomic E-state index is 9.73. The Bertz CT molecular complexity index is 856. The van der Waals surface area contributed by atoms with Crippen LogP contribution in [0.15, 0.2) is 48.9 Å². The monoisotopic (exact) mass is 387 g/mol. The molecule has 0 amide bonds. The maximum absolute atomic E-state index is 9.73. The highest BCUT2D eigenvalue weighted by Gasteiger charge is 2.14. The molecule has 142 valence electrons. The van der Waals surface area contributed by atoms with Crippen LogP contribution in [0.4, 0.5) is 17.5 Å². The van der Waals surface area contributed by atoms with Crippen molar-refractivity contribution in [3.8, 4) is 0 Å². The molecule has 0 spiro atoms. The number of nitrogens with two attached hydrogens (primary N) is 1. The zero-order valence-electron chi connectivity index (χ0n) is 14.7. The molecule has 0 aliphatic carbocycles. The Hall–Kier alpha value is -2.68. The van der Waals surface area contributed by atoms with Crippen LogP contribution in [0.25, 0.3) is 0 Å². The number of hydrogen-bond acceptors (Lipinski definition) is 7. The molecule has 8 nitrogen and oxygen atoms in total. The summed E-state index contributed by atoms with van der Waals surface area (Å²) in [5, 5.41) is 20.6. The number of hydrogen-bond donors (Lipinski definition) is 4. The minimum Gasteiger partial charge on any atom is -0.394 e. The summed E-state index contributed by atoms with van der Waals surface area (Å²) < 4.78 is 1.81. The molecule has 3 rings (SSSR count). The van der Waals surface area contributed by atoms with Gasteiger partial charge in [0.1, 0.15) is 5.02 Å². The first-order chi connectivity index (χ1) is 13.2. The van der Waals surface area contributed by atoms with E-state index in [9.17, 15) is 5.11 Å². The van der Waals surface area contributed by atoms with Crippen LogP contribution in [0.1, 0.15) is 18.0 Å². The van der Waals surface area contributed by atoms with E-state index in [4.69, 9.17) is 17.3 Å². The van der Waals surface area contributed by atoms with E-state index in [0.29, 0.717) is 23.3 Å². The van der Waals surface area contributed by atoms with Crippen LogP contribution in [0.5, 0.6) is 0 Å². The van der Waals surface area contributed by atoms with Gasteiger partial charge in [-0.2, -0.15) is 10.1 Å². The van der Waals surface area contributed by atoms with Gasteiger partial charge in [0, 0.05) is 12.7 Å². The van der Waals surface area contributed by atoms with Crippen molar-refractivity contribution in [2.24, 2.45) is 5.73 Å². The van der Waals surface area contributed by atoms with Crippen LogP contribution in [0.3, 0.4) is 0 Å². The van der Waals surface area contributed by atoms with Crippen molar-refractivity contribution in [3.05, 3.63) is 59.5 Å². The van der Waals surface area contributed by atoms with E-state index >= 15 is 0 Å². The molecule has 0 saturated carbocycles. The van der Waals surface area contributed by atoms with Crippen LogP contribution < -0.4 is 16.4 Å². The molecule has 3 aromatic rings. The zero-order chi connectivity index (χ0) is 19.1. The largest absolute Gasteiger partial charge is 0.394 e. The van der Waals surface area contributed by atoms with Gasteiger partial charge in [0.2, 0.25) is 5.95 Å². The fourth-order valence-electron chi connectivity index (χ4n) is 2.55. The molecule has 0 saturated heterocycles. The SMILES string of the molecule is NCCCn1cc(Nc2ncc(Cl)c(N[C@H](CO)c3ccccc3)n2)cn1. The summed E-state index contributed by atoms with van der Waals surface area (Å²) in [5.41, 5.74) is 7.22. The summed E-state index contributed by atoms with van der Waals surface area (Å²) in [6.45, 7) is 1.27. The van der Waals surface area contributed by atoms with Gasteiger partial charge in [0.25, 0.3) is 0 Å². The molecule has 2 aromatic heterocycles. The topological polar surface area (TPSA) is 114 Å². The van der Waals surface area contributed by atoms with Crippen molar-refractivity contribution in [1.29, 1.82) is 0 Å². The van der Waals surface area contributed by atoms with Crippen molar-refractivity contribution in [2.75, 3.05) is 23.8 Å². The highest BCUT2D eigenvalue weighted by molar-refractivity contribution is 6.32. The lowest BCUT2D eigenvalue weighted by Crippen LogP contribution is -2.16. The van der Waals surface area contributed by atoms with Gasteiger partial charge in [-0.25, -0.2) is 4.98 Å². The molecule has 0 bridgehead atoms. The van der Waals surface area contributed by atoms with Crippen molar-refractivity contribution in [3.63, 3.8) is 0 Å². The number of rotatable bonds is 9. The Labute approximate surface area is 162 Å². The minimum absolute atomic E-state index is 0.0962. The Morgan fingerprint density at radius 3 is 2.78 bits per heavy atom. The molecule has 27 heavy (non-hydrogen) atoms. The molecule has 1 aromatic carbocycles. The van der Waals surface area contributed by atoms with Gasteiger partial charge in [-0.05, 0) is 18.5 Å². The van der Waals surface area contributed by atoms with E-state index in [1.807, 2.05) is 41.2 Å². The fraction of sp³-hybridized carbons (Fsp3) is 0.278. The van der Waals surface area contributed by atoms with E-state index in [2.05, 4.69) is 25.7 Å². The number of aliphatic hydroxyl groups is 1. The van der Waals surface area contributed by atoms with Gasteiger partial charge >= 0.3 is 0 Å². The van der Waals surface area contributed by atoms with E-state index in [-0.39, 0.29) is 12.6 Å². The number of anilines is 3. The van der Waals surface area contributed by atoms with E-state index < -0.39 is 0 Å². The van der Waals surface area contributed by atoms with Gasteiger partial charge in [-0.3, -0.25) is 4.68 Å². The van der Waals surface area contributed by atoms with Crippen LogP contribution in [-0.4, -0.2) is 38.0 Å². The molecule has 5 N–H and O–H groups in total. The molecule has 9 heteroatoms. The predicted octanol–water partition coefficient (Wildman–Crippen LogP) is 2.56. The first-order valence-electron chi connectivity index (χ1n) is 8.64. The van der Waals surface area contributed by atoms with E-state index in [1.54, 1.807) is 6.20 Å². The third kappa shape index (κ3) is 5.16.